The van der Waals surface area contributed by atoms with Gasteiger partial charge in [0, 0.05) is 11.1 Å². The molecule has 0 atom stereocenters. The van der Waals surface area contributed by atoms with E-state index in [1.165, 1.54) is 0 Å². The van der Waals surface area contributed by atoms with Crippen LogP contribution in [0.2, 0.25) is 0 Å². The lowest BCUT2D eigenvalue weighted by atomic mass is 9.87. The number of phenolic OH excluding ortho intramolecular Hbond substituents is 1. The summed E-state index contributed by atoms with van der Waals surface area (Å²) in [6.07, 6.45) is 4.22. The number of methoxy groups -OCH3 is 1. The number of rotatable bonds is 2. The van der Waals surface area contributed by atoms with Gasteiger partial charge in [0.25, 0.3) is 0 Å². The van der Waals surface area contributed by atoms with Crippen molar-refractivity contribution in [2.45, 2.75) is 38.1 Å². The van der Waals surface area contributed by atoms with E-state index in [-0.39, 0.29) is 11.3 Å². The van der Waals surface area contributed by atoms with Gasteiger partial charge in [-0.05, 0) is 25.3 Å². The molecule has 1 saturated carbocycles. The molecule has 3 nitrogen and oxygen atoms in total. The number of hydrogen-bond donors (Lipinski definition) is 2. The Kier molecular flexibility index (Phi) is 2.80. The van der Waals surface area contributed by atoms with Crippen molar-refractivity contribution in [1.29, 1.82) is 0 Å². The van der Waals surface area contributed by atoms with Crippen LogP contribution in [0.3, 0.4) is 0 Å². The van der Waals surface area contributed by atoms with E-state index in [0.717, 1.165) is 36.8 Å². The van der Waals surface area contributed by atoms with Gasteiger partial charge in [-0.2, -0.15) is 0 Å². The first-order valence-electron chi connectivity index (χ1n) is 5.74. The Hall–Kier alpha value is -1.22. The molecule has 0 spiro atoms. The van der Waals surface area contributed by atoms with E-state index in [9.17, 15) is 5.11 Å². The molecule has 0 saturated heterocycles. The van der Waals surface area contributed by atoms with Crippen LogP contribution in [0.15, 0.2) is 12.1 Å². The molecule has 1 aromatic rings. The van der Waals surface area contributed by atoms with Crippen molar-refractivity contribution >= 4 is 0 Å². The van der Waals surface area contributed by atoms with Crippen molar-refractivity contribution in [3.63, 3.8) is 0 Å². The molecule has 1 aliphatic rings. The molecule has 0 heterocycles. The Morgan fingerprint density at radius 1 is 1.31 bits per heavy atom. The number of aromatic hydroxyl groups is 1. The average Bonchev–Trinajstić information content (AvgIpc) is 2.70. The molecule has 1 fully saturated rings. The topological polar surface area (TPSA) is 55.5 Å². The minimum absolute atomic E-state index is 0.219. The van der Waals surface area contributed by atoms with E-state index in [1.807, 2.05) is 19.1 Å². The zero-order valence-electron chi connectivity index (χ0n) is 9.92. The molecule has 0 bridgehead atoms. The molecule has 1 aromatic carbocycles. The van der Waals surface area contributed by atoms with Gasteiger partial charge in [-0.3, -0.25) is 0 Å². The van der Waals surface area contributed by atoms with Crippen LogP contribution in [0.25, 0.3) is 0 Å². The SMILES string of the molecule is COc1c(C2(N)CCCC2)ccc(C)c1O. The highest BCUT2D eigenvalue weighted by Gasteiger charge is 2.34. The lowest BCUT2D eigenvalue weighted by Gasteiger charge is -2.27. The Bertz CT molecular complexity index is 395. The van der Waals surface area contributed by atoms with Gasteiger partial charge in [-0.25, -0.2) is 0 Å². The molecular weight excluding hydrogens is 202 g/mol. The molecule has 0 unspecified atom stereocenters. The second kappa shape index (κ2) is 3.98. The van der Waals surface area contributed by atoms with Crippen LogP contribution >= 0.6 is 0 Å². The molecule has 1 aliphatic carbocycles. The fraction of sp³-hybridized carbons (Fsp3) is 0.538. The lowest BCUT2D eigenvalue weighted by Crippen LogP contribution is -2.33. The van der Waals surface area contributed by atoms with Gasteiger partial charge in [0.1, 0.15) is 0 Å². The highest BCUT2D eigenvalue weighted by molar-refractivity contribution is 5.53. The monoisotopic (exact) mass is 221 g/mol. The Morgan fingerprint density at radius 2 is 1.94 bits per heavy atom. The highest BCUT2D eigenvalue weighted by Crippen LogP contribution is 2.44. The highest BCUT2D eigenvalue weighted by atomic mass is 16.5. The predicted octanol–water partition coefficient (Wildman–Crippen LogP) is 2.44. The van der Waals surface area contributed by atoms with E-state index >= 15 is 0 Å². The van der Waals surface area contributed by atoms with Crippen molar-refractivity contribution in [3.05, 3.63) is 23.3 Å². The van der Waals surface area contributed by atoms with E-state index in [1.54, 1.807) is 7.11 Å². The van der Waals surface area contributed by atoms with E-state index in [4.69, 9.17) is 10.5 Å². The Balaban J connectivity index is 2.52. The van der Waals surface area contributed by atoms with Gasteiger partial charge in [-0.15, -0.1) is 0 Å². The van der Waals surface area contributed by atoms with Crippen molar-refractivity contribution in [2.24, 2.45) is 5.73 Å². The van der Waals surface area contributed by atoms with Gasteiger partial charge in [-0.1, -0.05) is 25.0 Å². The van der Waals surface area contributed by atoms with E-state index < -0.39 is 0 Å². The molecule has 0 aromatic heterocycles. The van der Waals surface area contributed by atoms with Crippen molar-refractivity contribution in [1.82, 2.24) is 0 Å². The number of aryl methyl sites for hydroxylation is 1. The second-order valence-corrected chi connectivity index (χ2v) is 4.68. The zero-order valence-corrected chi connectivity index (χ0v) is 9.92. The third-order valence-electron chi connectivity index (χ3n) is 3.57. The van der Waals surface area contributed by atoms with Crippen molar-refractivity contribution in [3.8, 4) is 11.5 Å². The number of ether oxygens (including phenoxy) is 1. The number of hydrogen-bond acceptors (Lipinski definition) is 3. The molecule has 0 amide bonds. The van der Waals surface area contributed by atoms with Crippen LogP contribution in [0.1, 0.15) is 36.8 Å². The van der Waals surface area contributed by atoms with Crippen molar-refractivity contribution in [2.75, 3.05) is 7.11 Å². The Labute approximate surface area is 96.2 Å². The molecule has 3 heteroatoms. The first-order valence-corrected chi connectivity index (χ1v) is 5.74. The zero-order chi connectivity index (χ0) is 11.8. The maximum Gasteiger partial charge on any atom is 0.165 e. The molecule has 0 radical (unpaired) electrons. The summed E-state index contributed by atoms with van der Waals surface area (Å²) in [5.41, 5.74) is 7.82. The third-order valence-corrected chi connectivity index (χ3v) is 3.57. The smallest absolute Gasteiger partial charge is 0.165 e. The maximum absolute atomic E-state index is 9.97. The fourth-order valence-corrected chi connectivity index (χ4v) is 2.54. The molecule has 3 N–H and O–H groups in total. The molecular formula is C13H19NO2. The number of benzene rings is 1. The molecule has 88 valence electrons. The van der Waals surface area contributed by atoms with Crippen LogP contribution in [-0.2, 0) is 5.54 Å². The summed E-state index contributed by atoms with van der Waals surface area (Å²) in [5.74, 6) is 0.765. The van der Waals surface area contributed by atoms with Gasteiger partial charge in [0.15, 0.2) is 11.5 Å². The molecule has 16 heavy (non-hydrogen) atoms. The van der Waals surface area contributed by atoms with Gasteiger partial charge in [0.05, 0.1) is 7.11 Å². The van der Waals surface area contributed by atoms with Crippen LogP contribution in [0.4, 0.5) is 0 Å². The molecule has 2 rings (SSSR count). The first-order chi connectivity index (χ1) is 7.58. The van der Waals surface area contributed by atoms with Gasteiger partial charge in [0.2, 0.25) is 0 Å². The quantitative estimate of drug-likeness (QED) is 0.806. The summed E-state index contributed by atoms with van der Waals surface area (Å²) in [6, 6.07) is 3.89. The first kappa shape index (κ1) is 11.3. The summed E-state index contributed by atoms with van der Waals surface area (Å²) in [6.45, 7) is 1.86. The van der Waals surface area contributed by atoms with Gasteiger partial charge >= 0.3 is 0 Å². The minimum Gasteiger partial charge on any atom is -0.504 e. The number of phenols is 1. The average molecular weight is 221 g/mol. The number of nitrogens with two attached hydrogens (primary N) is 1. The minimum atomic E-state index is -0.323. The lowest BCUT2D eigenvalue weighted by molar-refractivity contribution is 0.348. The van der Waals surface area contributed by atoms with E-state index in [0.29, 0.717) is 5.75 Å². The second-order valence-electron chi connectivity index (χ2n) is 4.68. The molecule has 0 aliphatic heterocycles. The van der Waals surface area contributed by atoms with Gasteiger partial charge < -0.3 is 15.6 Å². The standard InChI is InChI=1S/C13H19NO2/c1-9-5-6-10(12(16-2)11(9)15)13(14)7-3-4-8-13/h5-6,15H,3-4,7-8,14H2,1-2H3. The van der Waals surface area contributed by atoms with Crippen LogP contribution < -0.4 is 10.5 Å². The van der Waals surface area contributed by atoms with Crippen LogP contribution in [0.5, 0.6) is 11.5 Å². The summed E-state index contributed by atoms with van der Waals surface area (Å²) in [7, 11) is 1.58. The van der Waals surface area contributed by atoms with Crippen LogP contribution in [-0.4, -0.2) is 12.2 Å². The maximum atomic E-state index is 9.97. The fourth-order valence-electron chi connectivity index (χ4n) is 2.54. The normalized spacial score (nSPS) is 18.7. The largest absolute Gasteiger partial charge is 0.504 e. The predicted molar refractivity (Wildman–Crippen MR) is 63.7 cm³/mol. The van der Waals surface area contributed by atoms with E-state index in [2.05, 4.69) is 0 Å². The summed E-state index contributed by atoms with van der Waals surface area (Å²) < 4.78 is 5.30. The van der Waals surface area contributed by atoms with Crippen LogP contribution in [0, 0.1) is 6.92 Å². The summed E-state index contributed by atoms with van der Waals surface area (Å²) in [4.78, 5) is 0. The van der Waals surface area contributed by atoms with Crippen molar-refractivity contribution < 1.29 is 9.84 Å². The third kappa shape index (κ3) is 1.65. The Morgan fingerprint density at radius 3 is 2.50 bits per heavy atom. The summed E-state index contributed by atoms with van der Waals surface area (Å²) >= 11 is 0. The summed E-state index contributed by atoms with van der Waals surface area (Å²) in [5, 5.41) is 9.97.